The minimum Gasteiger partial charge on any atom is -0.497 e. The number of carbonyl (C=O) groups is 1. The second-order valence-corrected chi connectivity index (χ2v) is 11.0. The minimum absolute atomic E-state index is 0.193. The summed E-state index contributed by atoms with van der Waals surface area (Å²) in [4.78, 5) is 13.0. The van der Waals surface area contributed by atoms with Gasteiger partial charge in [-0.3, -0.25) is 14.4 Å². The van der Waals surface area contributed by atoms with E-state index in [-0.39, 0.29) is 16.6 Å². The van der Waals surface area contributed by atoms with Crippen molar-refractivity contribution in [1.82, 2.24) is 10.2 Å². The number of hydrogen-bond donors (Lipinski definition) is 1. The zero-order chi connectivity index (χ0) is 24.0. The molecular weight excluding hydrogens is 484 g/mol. The topological polar surface area (TPSA) is 111 Å². The molecule has 0 fully saturated rings. The first-order valence-corrected chi connectivity index (χ1v) is 13.4. The van der Waals surface area contributed by atoms with Gasteiger partial charge in [-0.1, -0.05) is 53.4 Å². The molecule has 1 N–H and O–H groups in total. The van der Waals surface area contributed by atoms with Gasteiger partial charge >= 0.3 is 0 Å². The number of benzene rings is 2. The maximum atomic E-state index is 13.0. The van der Waals surface area contributed by atoms with E-state index in [0.29, 0.717) is 10.1 Å². The Morgan fingerprint density at radius 1 is 1.15 bits per heavy atom. The lowest BCUT2D eigenvalue weighted by atomic mass is 10.2. The van der Waals surface area contributed by atoms with Crippen LogP contribution in [0.1, 0.15) is 12.5 Å². The molecular formula is C21H24N4O5S3. The van der Waals surface area contributed by atoms with Crippen molar-refractivity contribution in [3.05, 3.63) is 54.1 Å². The Balaban J connectivity index is 1.76. The molecule has 0 saturated carbocycles. The molecule has 12 heteroatoms. The number of hydrogen-bond acceptors (Lipinski definition) is 9. The Morgan fingerprint density at radius 3 is 2.52 bits per heavy atom. The number of amides is 1. The van der Waals surface area contributed by atoms with Crippen LogP contribution in [0.2, 0.25) is 0 Å². The number of carbonyl (C=O) groups excluding carboxylic acids is 1. The van der Waals surface area contributed by atoms with Crippen LogP contribution in [-0.2, 0) is 20.6 Å². The zero-order valence-corrected chi connectivity index (χ0v) is 21.0. The normalized spacial score (nSPS) is 12.1. The van der Waals surface area contributed by atoms with Crippen LogP contribution in [-0.4, -0.2) is 51.0 Å². The standard InChI is InChI=1S/C21H24N4O5S3/c1-14(25(33(4,27)28)17-12-16(29-2)10-11-18(17)30-3)19(26)22-20-23-24-21(32-20)31-13-15-8-6-5-7-9-15/h5-12,14H,13H2,1-4H3,(H,22,23,26). The van der Waals surface area contributed by atoms with Crippen LogP contribution in [0.25, 0.3) is 0 Å². The molecule has 2 aromatic carbocycles. The van der Waals surface area contributed by atoms with E-state index in [1.165, 1.54) is 50.3 Å². The summed E-state index contributed by atoms with van der Waals surface area (Å²) >= 11 is 2.73. The molecule has 0 aliphatic carbocycles. The predicted octanol–water partition coefficient (Wildman–Crippen LogP) is 3.64. The molecule has 0 aliphatic heterocycles. The second kappa shape index (κ2) is 10.9. The number of thioether (sulfide) groups is 1. The van der Waals surface area contributed by atoms with Gasteiger partial charge in [0.05, 0.1) is 26.2 Å². The fourth-order valence-corrected chi connectivity index (χ4v) is 5.88. The molecule has 0 aliphatic rings. The maximum Gasteiger partial charge on any atom is 0.249 e. The van der Waals surface area contributed by atoms with Gasteiger partial charge in [-0.2, -0.15) is 0 Å². The number of rotatable bonds is 10. The third kappa shape index (κ3) is 6.36. The number of methoxy groups -OCH3 is 2. The summed E-state index contributed by atoms with van der Waals surface area (Å²) in [6.45, 7) is 1.49. The van der Waals surface area contributed by atoms with Gasteiger partial charge in [0.15, 0.2) is 4.34 Å². The summed E-state index contributed by atoms with van der Waals surface area (Å²) in [7, 11) is -0.955. The molecule has 3 rings (SSSR count). The molecule has 1 unspecified atom stereocenters. The van der Waals surface area contributed by atoms with Crippen molar-refractivity contribution in [1.29, 1.82) is 0 Å². The van der Waals surface area contributed by atoms with Gasteiger partial charge in [0.2, 0.25) is 21.1 Å². The highest BCUT2D eigenvalue weighted by Gasteiger charge is 2.32. The molecule has 0 radical (unpaired) electrons. The van der Waals surface area contributed by atoms with Crippen LogP contribution in [0.5, 0.6) is 11.5 Å². The summed E-state index contributed by atoms with van der Waals surface area (Å²) in [5, 5.41) is 11.1. The van der Waals surface area contributed by atoms with Gasteiger partial charge in [0.1, 0.15) is 17.5 Å². The van der Waals surface area contributed by atoms with E-state index in [2.05, 4.69) is 15.5 Å². The molecule has 0 spiro atoms. The van der Waals surface area contributed by atoms with E-state index >= 15 is 0 Å². The monoisotopic (exact) mass is 508 g/mol. The van der Waals surface area contributed by atoms with Crippen molar-refractivity contribution in [2.24, 2.45) is 0 Å². The van der Waals surface area contributed by atoms with Gasteiger partial charge in [-0.25, -0.2) is 8.42 Å². The first-order chi connectivity index (χ1) is 15.7. The summed E-state index contributed by atoms with van der Waals surface area (Å²) in [5.41, 5.74) is 1.34. The summed E-state index contributed by atoms with van der Waals surface area (Å²) in [5.74, 6) is 0.880. The van der Waals surface area contributed by atoms with Crippen molar-refractivity contribution >= 4 is 49.8 Å². The van der Waals surface area contributed by atoms with Crippen molar-refractivity contribution < 1.29 is 22.7 Å². The average Bonchev–Trinajstić information content (AvgIpc) is 3.24. The van der Waals surface area contributed by atoms with Gasteiger partial charge in [0.25, 0.3) is 0 Å². The number of nitrogens with zero attached hydrogens (tertiary/aromatic N) is 3. The van der Waals surface area contributed by atoms with Crippen molar-refractivity contribution in [2.45, 2.75) is 23.1 Å². The van der Waals surface area contributed by atoms with Crippen molar-refractivity contribution in [3.63, 3.8) is 0 Å². The molecule has 176 valence electrons. The number of anilines is 2. The molecule has 1 heterocycles. The van der Waals surface area contributed by atoms with Gasteiger partial charge in [-0.15, -0.1) is 10.2 Å². The number of nitrogens with one attached hydrogen (secondary N) is 1. The van der Waals surface area contributed by atoms with Crippen LogP contribution in [0, 0.1) is 0 Å². The fourth-order valence-electron chi connectivity index (χ4n) is 3.00. The van der Waals surface area contributed by atoms with E-state index in [9.17, 15) is 13.2 Å². The minimum atomic E-state index is -3.85. The van der Waals surface area contributed by atoms with Crippen LogP contribution in [0.15, 0.2) is 52.9 Å². The van der Waals surface area contributed by atoms with Gasteiger partial charge < -0.3 is 9.47 Å². The lowest BCUT2D eigenvalue weighted by molar-refractivity contribution is -0.116. The Hall–Kier alpha value is -2.83. The number of aromatic nitrogens is 2. The Morgan fingerprint density at radius 2 is 1.88 bits per heavy atom. The first-order valence-electron chi connectivity index (χ1n) is 9.75. The number of sulfonamides is 1. The summed E-state index contributed by atoms with van der Waals surface area (Å²) in [6.07, 6.45) is 1.03. The van der Waals surface area contributed by atoms with E-state index < -0.39 is 22.0 Å². The second-order valence-electron chi connectivity index (χ2n) is 6.91. The van der Waals surface area contributed by atoms with Gasteiger partial charge in [-0.05, 0) is 24.6 Å². The molecule has 0 bridgehead atoms. The molecule has 0 saturated heterocycles. The lowest BCUT2D eigenvalue weighted by Gasteiger charge is -2.29. The highest BCUT2D eigenvalue weighted by Crippen LogP contribution is 2.35. The van der Waals surface area contributed by atoms with E-state index in [1.807, 2.05) is 30.3 Å². The molecule has 3 aromatic rings. The quantitative estimate of drug-likeness (QED) is 0.326. The SMILES string of the molecule is COc1ccc(OC)c(N(C(C)C(=O)Nc2nnc(SCc3ccccc3)s2)S(C)(=O)=O)c1. The predicted molar refractivity (Wildman–Crippen MR) is 131 cm³/mol. The third-order valence-electron chi connectivity index (χ3n) is 4.55. The highest BCUT2D eigenvalue weighted by atomic mass is 32.2. The molecule has 1 aromatic heterocycles. The molecule has 33 heavy (non-hydrogen) atoms. The third-order valence-corrected chi connectivity index (χ3v) is 7.82. The number of ether oxygens (including phenoxy) is 2. The van der Waals surface area contributed by atoms with Crippen LogP contribution < -0.4 is 19.1 Å². The largest absolute Gasteiger partial charge is 0.497 e. The zero-order valence-electron chi connectivity index (χ0n) is 18.5. The highest BCUT2D eigenvalue weighted by molar-refractivity contribution is 8.00. The Labute approximate surface area is 201 Å². The maximum absolute atomic E-state index is 13.0. The lowest BCUT2D eigenvalue weighted by Crippen LogP contribution is -2.45. The van der Waals surface area contributed by atoms with Crippen LogP contribution >= 0.6 is 23.1 Å². The molecule has 1 atom stereocenters. The smallest absolute Gasteiger partial charge is 0.249 e. The van der Waals surface area contributed by atoms with Crippen molar-refractivity contribution in [2.75, 3.05) is 30.1 Å². The van der Waals surface area contributed by atoms with E-state index in [4.69, 9.17) is 9.47 Å². The molecule has 1 amide bonds. The Bertz CT molecular complexity index is 1200. The summed E-state index contributed by atoms with van der Waals surface area (Å²) in [6, 6.07) is 13.6. The summed E-state index contributed by atoms with van der Waals surface area (Å²) < 4.78 is 37.5. The first kappa shape index (κ1) is 24.8. The van der Waals surface area contributed by atoms with Crippen molar-refractivity contribution in [3.8, 4) is 11.5 Å². The van der Waals surface area contributed by atoms with Crippen LogP contribution in [0.4, 0.5) is 10.8 Å². The van der Waals surface area contributed by atoms with Gasteiger partial charge in [0, 0.05) is 11.8 Å². The Kier molecular flexibility index (Phi) is 8.16. The average molecular weight is 509 g/mol. The van der Waals surface area contributed by atoms with Crippen LogP contribution in [0.3, 0.4) is 0 Å². The molecule has 9 nitrogen and oxygen atoms in total. The van der Waals surface area contributed by atoms with E-state index in [1.54, 1.807) is 12.1 Å². The van der Waals surface area contributed by atoms with E-state index in [0.717, 1.165) is 21.9 Å². The fraction of sp³-hybridized carbons (Fsp3) is 0.286.